The van der Waals surface area contributed by atoms with Crippen molar-refractivity contribution in [1.82, 2.24) is 9.80 Å². The number of phenolic OH excluding ortho intramolecular Hbond substituents is 1. The Balaban J connectivity index is 1.14. The van der Waals surface area contributed by atoms with E-state index in [9.17, 15) is 14.7 Å². The lowest BCUT2D eigenvalue weighted by atomic mass is 9.68. The number of nitrogens with zero attached hydrogens (tertiary/aromatic N) is 2. The first-order valence-corrected chi connectivity index (χ1v) is 16.9. The molecule has 0 bridgehead atoms. The van der Waals surface area contributed by atoms with Crippen molar-refractivity contribution in [3.05, 3.63) is 82.4 Å². The molecule has 0 aromatic heterocycles. The zero-order chi connectivity index (χ0) is 30.6. The number of carbonyl (C=O) groups excluding carboxylic acids is 2. The minimum Gasteiger partial charge on any atom is -0.508 e. The fourth-order valence-corrected chi connectivity index (χ4v) is 8.29. The first-order chi connectivity index (χ1) is 21.5. The van der Waals surface area contributed by atoms with Crippen LogP contribution in [0.2, 0.25) is 0 Å². The van der Waals surface area contributed by atoms with E-state index in [-0.39, 0.29) is 47.5 Å². The Morgan fingerprint density at radius 1 is 0.932 bits per heavy atom. The number of hydrogen-bond donors (Lipinski definition) is 1. The molecule has 1 N–H and O–H groups in total. The van der Waals surface area contributed by atoms with Crippen LogP contribution in [0.4, 0.5) is 0 Å². The standard InChI is InChI=1S/C38H48N2O4/c1-3-8-26(22-27-12-15-31(41)16-13-27)14-17-34-35-29(9-4-2)23-32-36(33(35)25-44-34)38(43)40(37(32)42)30-18-20-39(21-19-30)24-28-10-6-5-7-11-28/h5-7,10-13,15-16,22,30,32-34,36,41H,3-4,8-9,14,17-21,23-25H2,1-2H3/b26-22+/t32-,33+,34-,36-/m1/s1. The van der Waals surface area contributed by atoms with Crippen LogP contribution in [0.25, 0.3) is 6.08 Å². The Kier molecular flexibility index (Phi) is 9.68. The molecular weight excluding hydrogens is 548 g/mol. The van der Waals surface area contributed by atoms with Crippen LogP contribution in [0.5, 0.6) is 5.75 Å². The van der Waals surface area contributed by atoms with Crippen molar-refractivity contribution in [2.45, 2.75) is 90.3 Å². The van der Waals surface area contributed by atoms with Gasteiger partial charge >= 0.3 is 0 Å². The molecule has 2 aromatic carbocycles. The van der Waals surface area contributed by atoms with E-state index in [4.69, 9.17) is 4.74 Å². The van der Waals surface area contributed by atoms with Gasteiger partial charge in [0.15, 0.2) is 0 Å². The zero-order valence-corrected chi connectivity index (χ0v) is 26.4. The lowest BCUT2D eigenvalue weighted by Gasteiger charge is -2.36. The molecule has 234 valence electrons. The summed E-state index contributed by atoms with van der Waals surface area (Å²) in [5, 5.41) is 9.68. The maximum atomic E-state index is 14.1. The van der Waals surface area contributed by atoms with Crippen LogP contribution in [0.3, 0.4) is 0 Å². The SMILES string of the molecule is CCCC1=C2[C@@H](CC/C(=C/c3ccc(O)cc3)CCC)OC[C@@H]2[C@@H]2C(=O)N(C3CCN(Cc4ccccc4)CC3)C(=O)[C@@H]2C1. The molecule has 2 amide bonds. The van der Waals surface area contributed by atoms with Gasteiger partial charge in [-0.2, -0.15) is 0 Å². The Hall–Kier alpha value is -3.22. The molecule has 1 aliphatic carbocycles. The normalized spacial score (nSPS) is 26.4. The Morgan fingerprint density at radius 2 is 1.68 bits per heavy atom. The summed E-state index contributed by atoms with van der Waals surface area (Å²) in [5.41, 5.74) is 6.51. The van der Waals surface area contributed by atoms with E-state index in [1.807, 2.05) is 18.2 Å². The molecule has 3 heterocycles. The molecule has 6 rings (SSSR count). The molecule has 3 fully saturated rings. The largest absolute Gasteiger partial charge is 0.508 e. The van der Waals surface area contributed by atoms with Gasteiger partial charge in [-0.3, -0.25) is 19.4 Å². The third kappa shape index (κ3) is 6.43. The predicted octanol–water partition coefficient (Wildman–Crippen LogP) is 7.14. The van der Waals surface area contributed by atoms with Crippen LogP contribution < -0.4 is 0 Å². The Morgan fingerprint density at radius 3 is 2.39 bits per heavy atom. The van der Waals surface area contributed by atoms with Gasteiger partial charge in [0.1, 0.15) is 5.75 Å². The number of carbonyl (C=O) groups is 2. The fourth-order valence-electron chi connectivity index (χ4n) is 8.29. The van der Waals surface area contributed by atoms with Gasteiger partial charge in [0.2, 0.25) is 11.8 Å². The van der Waals surface area contributed by atoms with Crippen molar-refractivity contribution in [2.24, 2.45) is 17.8 Å². The second-order valence-electron chi connectivity index (χ2n) is 13.3. The highest BCUT2D eigenvalue weighted by atomic mass is 16.5. The summed E-state index contributed by atoms with van der Waals surface area (Å²) in [4.78, 5) is 32.2. The van der Waals surface area contributed by atoms with Gasteiger partial charge in [-0.05, 0) is 73.8 Å². The number of imide groups is 1. The number of aromatic hydroxyl groups is 1. The minimum absolute atomic E-state index is 0.00505. The zero-order valence-electron chi connectivity index (χ0n) is 26.4. The summed E-state index contributed by atoms with van der Waals surface area (Å²) < 4.78 is 6.51. The van der Waals surface area contributed by atoms with E-state index in [0.29, 0.717) is 13.0 Å². The number of ether oxygens (including phenoxy) is 1. The predicted molar refractivity (Wildman–Crippen MR) is 174 cm³/mol. The van der Waals surface area contributed by atoms with Gasteiger partial charge in [0.05, 0.1) is 24.5 Å². The van der Waals surface area contributed by atoms with E-state index in [0.717, 1.165) is 76.6 Å². The lowest BCUT2D eigenvalue weighted by molar-refractivity contribution is -0.144. The average molecular weight is 597 g/mol. The van der Waals surface area contributed by atoms with Crippen molar-refractivity contribution in [3.63, 3.8) is 0 Å². The molecular formula is C38H48N2O4. The number of likely N-dealkylation sites (tertiary alicyclic amines) is 2. The molecule has 0 radical (unpaired) electrons. The highest BCUT2D eigenvalue weighted by molar-refractivity contribution is 6.06. The summed E-state index contributed by atoms with van der Waals surface area (Å²) in [7, 11) is 0. The number of fused-ring (bicyclic) bond motifs is 3. The smallest absolute Gasteiger partial charge is 0.234 e. The number of amides is 2. The maximum absolute atomic E-state index is 14.1. The van der Waals surface area contributed by atoms with Crippen LogP contribution in [0.1, 0.15) is 82.8 Å². The molecule has 0 saturated carbocycles. The molecule has 3 aliphatic heterocycles. The van der Waals surface area contributed by atoms with Gasteiger partial charge in [0, 0.05) is 31.6 Å². The highest BCUT2D eigenvalue weighted by Crippen LogP contribution is 2.51. The molecule has 4 aliphatic rings. The molecule has 0 spiro atoms. The number of rotatable bonds is 11. The number of hydrogen-bond acceptors (Lipinski definition) is 5. The number of phenols is 1. The van der Waals surface area contributed by atoms with Crippen LogP contribution >= 0.6 is 0 Å². The second kappa shape index (κ2) is 13.8. The summed E-state index contributed by atoms with van der Waals surface area (Å²) in [6.45, 7) is 7.68. The Labute approximate surface area is 262 Å². The monoisotopic (exact) mass is 596 g/mol. The van der Waals surface area contributed by atoms with Crippen LogP contribution in [0.15, 0.2) is 71.3 Å². The first-order valence-electron chi connectivity index (χ1n) is 16.9. The Bertz CT molecular complexity index is 1370. The van der Waals surface area contributed by atoms with Crippen molar-refractivity contribution in [1.29, 1.82) is 0 Å². The number of benzene rings is 2. The van der Waals surface area contributed by atoms with Crippen LogP contribution in [-0.2, 0) is 20.9 Å². The van der Waals surface area contributed by atoms with Crippen molar-refractivity contribution < 1.29 is 19.4 Å². The quantitative estimate of drug-likeness (QED) is 0.221. The first kappa shape index (κ1) is 30.8. The summed E-state index contributed by atoms with van der Waals surface area (Å²) >= 11 is 0. The van der Waals surface area contributed by atoms with Crippen LogP contribution in [0, 0.1) is 17.8 Å². The third-order valence-electron chi connectivity index (χ3n) is 10.3. The molecule has 44 heavy (non-hydrogen) atoms. The molecule has 4 atom stereocenters. The van der Waals surface area contributed by atoms with E-state index < -0.39 is 0 Å². The summed E-state index contributed by atoms with van der Waals surface area (Å²) in [6, 6.07) is 17.9. The fraction of sp³-hybridized carbons (Fsp3) is 0.526. The maximum Gasteiger partial charge on any atom is 0.234 e. The van der Waals surface area contributed by atoms with Gasteiger partial charge < -0.3 is 9.84 Å². The van der Waals surface area contributed by atoms with Crippen molar-refractivity contribution >= 4 is 17.9 Å². The lowest BCUT2D eigenvalue weighted by Crippen LogP contribution is -2.47. The highest BCUT2D eigenvalue weighted by Gasteiger charge is 2.58. The number of allylic oxidation sites excluding steroid dienone is 2. The topological polar surface area (TPSA) is 70.1 Å². The molecule has 6 nitrogen and oxygen atoms in total. The van der Waals surface area contributed by atoms with Gasteiger partial charge in [0.25, 0.3) is 0 Å². The van der Waals surface area contributed by atoms with Crippen molar-refractivity contribution in [2.75, 3.05) is 19.7 Å². The summed E-state index contributed by atoms with van der Waals surface area (Å²) in [5.74, 6) is -0.0683. The van der Waals surface area contributed by atoms with Gasteiger partial charge in [-0.25, -0.2) is 0 Å². The average Bonchev–Trinajstić information content (AvgIpc) is 3.56. The van der Waals surface area contributed by atoms with Gasteiger partial charge in [-0.1, -0.05) is 86.4 Å². The summed E-state index contributed by atoms with van der Waals surface area (Å²) in [6.07, 6.45) is 10.6. The molecule has 6 heteroatoms. The molecule has 0 unspecified atom stereocenters. The minimum atomic E-state index is -0.270. The second-order valence-corrected chi connectivity index (χ2v) is 13.3. The molecule has 2 aromatic rings. The van der Waals surface area contributed by atoms with E-state index >= 15 is 0 Å². The van der Waals surface area contributed by atoms with E-state index in [1.165, 1.54) is 22.3 Å². The van der Waals surface area contributed by atoms with Gasteiger partial charge in [-0.15, -0.1) is 0 Å². The molecule has 3 saturated heterocycles. The van der Waals surface area contributed by atoms with Crippen molar-refractivity contribution in [3.8, 4) is 5.75 Å². The number of piperidine rings is 1. The van der Waals surface area contributed by atoms with E-state index in [1.54, 1.807) is 17.0 Å². The third-order valence-corrected chi connectivity index (χ3v) is 10.3. The van der Waals surface area contributed by atoms with Crippen LogP contribution in [-0.4, -0.2) is 58.6 Å². The van der Waals surface area contributed by atoms with E-state index in [2.05, 4.69) is 49.1 Å².